The van der Waals surface area contributed by atoms with E-state index in [0.717, 1.165) is 5.32 Å². The fraction of sp³-hybridized carbons (Fsp3) is 0.400. The molecule has 0 aliphatic heterocycles. The summed E-state index contributed by atoms with van der Waals surface area (Å²) in [5.74, 6) is -13.4. The number of hydrogen-bond donors (Lipinski definition) is 5. The van der Waals surface area contributed by atoms with Gasteiger partial charge in [0.2, 0.25) is 17.6 Å². The van der Waals surface area contributed by atoms with E-state index in [-0.39, 0.29) is 29.1 Å². The second kappa shape index (κ2) is 20.3. The first-order valence-electron chi connectivity index (χ1n) is 18.0. The van der Waals surface area contributed by atoms with E-state index in [2.05, 4.69) is 21.3 Å². The summed E-state index contributed by atoms with van der Waals surface area (Å²) < 4.78 is 78.3. The summed E-state index contributed by atoms with van der Waals surface area (Å²) in [6.45, 7) is 5.60. The number of benzene rings is 3. The molecule has 0 aromatic heterocycles. The molecule has 3 aromatic carbocycles. The lowest BCUT2D eigenvalue weighted by Crippen LogP contribution is -2.58. The van der Waals surface area contributed by atoms with Crippen LogP contribution in [0.4, 0.5) is 26.7 Å². The van der Waals surface area contributed by atoms with Gasteiger partial charge in [-0.2, -0.15) is 22.0 Å². The lowest BCUT2D eigenvalue weighted by Gasteiger charge is -2.28. The minimum atomic E-state index is -5.06. The Kier molecular flexibility index (Phi) is 16.3. The Morgan fingerprint density at radius 2 is 1.37 bits per heavy atom. The Bertz CT molecular complexity index is 1970. The fourth-order valence-electron chi connectivity index (χ4n) is 5.31. The van der Waals surface area contributed by atoms with Crippen molar-refractivity contribution in [3.63, 3.8) is 0 Å². The number of alkyl halides is 5. The number of ether oxygens (including phenoxy) is 2. The number of Topliss-reactive ketones (excluding diaryl/α,β-unsaturated/α-hetero) is 1. The predicted octanol–water partition coefficient (Wildman–Crippen LogP) is 5.60. The lowest BCUT2D eigenvalue weighted by atomic mass is 9.94. The Balaban J connectivity index is 1.95. The topological polar surface area (TPSA) is 181 Å². The maximum atomic E-state index is 15.0. The third-order valence-corrected chi connectivity index (χ3v) is 8.53. The van der Waals surface area contributed by atoms with Gasteiger partial charge in [-0.3, -0.25) is 24.0 Å². The van der Waals surface area contributed by atoms with Crippen LogP contribution in [0.3, 0.4) is 0 Å². The second-order valence-corrected chi connectivity index (χ2v) is 15.0. The maximum absolute atomic E-state index is 15.0. The molecule has 0 radical (unpaired) electrons. The van der Waals surface area contributed by atoms with Crippen molar-refractivity contribution in [2.24, 2.45) is 5.92 Å². The summed E-state index contributed by atoms with van der Waals surface area (Å²) >= 11 is 6.08. The molecule has 0 aliphatic rings. The molecule has 0 bridgehead atoms. The molecule has 0 aliphatic carbocycles. The monoisotopic (exact) mass is 853 g/mol. The Morgan fingerprint density at radius 3 is 1.92 bits per heavy atom. The molecule has 3 aromatic rings. The van der Waals surface area contributed by atoms with Gasteiger partial charge in [0.15, 0.2) is 0 Å². The van der Waals surface area contributed by atoms with Crippen LogP contribution < -0.4 is 31.3 Å². The molecule has 0 spiro atoms. The predicted molar refractivity (Wildman–Crippen MR) is 206 cm³/mol. The fourth-order valence-corrected chi connectivity index (χ4v) is 5.50. The number of methoxy groups -OCH3 is 1. The van der Waals surface area contributed by atoms with Gasteiger partial charge in [-0.15, -0.1) is 0 Å². The number of rotatable bonds is 17. The highest BCUT2D eigenvalue weighted by molar-refractivity contribution is 6.31. The van der Waals surface area contributed by atoms with Crippen molar-refractivity contribution in [1.29, 1.82) is 0 Å². The minimum absolute atomic E-state index is 0.0584. The standard InChI is InChI=1S/C40H45ClF5N5O8/c1-22(2)30(32(52)40(45,46)36(56)48-21-39(42,43)44)50-35(55)31(25-14-16-28(58-6)17-15-25)51-34(54)29(49-33(53)26-8-7-9-27(41)19-26)18-23-10-12-24(13-11-23)20-47-37(57)59-38(3,4)5/h7-17,19,22,29-31H,18,20-21H2,1-6H3,(H,47,57)(H,48,56)(H,49,53)(H,50,55)(H,51,54)/t29-,30-,31-/m0/s1. The SMILES string of the molecule is COc1ccc([C@H](NC(=O)[C@H](Cc2ccc(CNC(=O)OC(C)(C)C)cc2)NC(=O)c2cccc(Cl)c2)C(=O)N[C@H](C(=O)C(F)(F)C(=O)NCC(F)(F)F)C(C)C)cc1. The molecule has 0 heterocycles. The minimum Gasteiger partial charge on any atom is -0.497 e. The number of alkyl carbamates (subject to hydrolysis) is 1. The van der Waals surface area contributed by atoms with Crippen LogP contribution in [0.15, 0.2) is 72.8 Å². The van der Waals surface area contributed by atoms with Crippen molar-refractivity contribution < 1.29 is 60.2 Å². The highest BCUT2D eigenvalue weighted by atomic mass is 35.5. The Labute approximate surface area is 342 Å². The summed E-state index contributed by atoms with van der Waals surface area (Å²) in [6, 6.07) is 12.7. The highest BCUT2D eigenvalue weighted by Crippen LogP contribution is 2.24. The van der Waals surface area contributed by atoms with E-state index in [0.29, 0.717) is 16.9 Å². The molecule has 13 nitrogen and oxygen atoms in total. The summed E-state index contributed by atoms with van der Waals surface area (Å²) in [5.41, 5.74) is 0.608. The van der Waals surface area contributed by atoms with Crippen molar-refractivity contribution in [3.8, 4) is 5.75 Å². The zero-order chi connectivity index (χ0) is 44.3. The van der Waals surface area contributed by atoms with Gasteiger partial charge in [0.05, 0.1) is 13.2 Å². The van der Waals surface area contributed by atoms with Crippen LogP contribution in [0.25, 0.3) is 0 Å². The molecule has 0 saturated carbocycles. The van der Waals surface area contributed by atoms with Gasteiger partial charge in [-0.1, -0.05) is 67.9 Å². The lowest BCUT2D eigenvalue weighted by molar-refractivity contribution is -0.165. The summed E-state index contributed by atoms with van der Waals surface area (Å²) in [5, 5.41) is 11.1. The summed E-state index contributed by atoms with van der Waals surface area (Å²) in [4.78, 5) is 78.7. The van der Waals surface area contributed by atoms with Crippen molar-refractivity contribution >= 4 is 47.1 Å². The zero-order valence-corrected chi connectivity index (χ0v) is 33.6. The largest absolute Gasteiger partial charge is 0.497 e. The number of ketones is 1. The molecule has 0 unspecified atom stereocenters. The van der Waals surface area contributed by atoms with Crippen LogP contribution in [0.5, 0.6) is 5.75 Å². The molecule has 5 amide bonds. The van der Waals surface area contributed by atoms with Gasteiger partial charge in [-0.25, -0.2) is 4.79 Å². The third-order valence-electron chi connectivity index (χ3n) is 8.30. The van der Waals surface area contributed by atoms with E-state index < -0.39 is 83.8 Å². The average Bonchev–Trinajstić information content (AvgIpc) is 3.15. The second-order valence-electron chi connectivity index (χ2n) is 14.6. The van der Waals surface area contributed by atoms with E-state index in [4.69, 9.17) is 21.1 Å². The molecular formula is C40H45ClF5N5O8. The van der Waals surface area contributed by atoms with Gasteiger partial charge in [0, 0.05) is 23.6 Å². The van der Waals surface area contributed by atoms with Crippen molar-refractivity contribution in [3.05, 3.63) is 100 Å². The number of amides is 5. The highest BCUT2D eigenvalue weighted by Gasteiger charge is 2.52. The molecule has 3 rings (SSSR count). The number of hydrogen-bond acceptors (Lipinski definition) is 8. The van der Waals surface area contributed by atoms with Crippen LogP contribution >= 0.6 is 11.6 Å². The van der Waals surface area contributed by atoms with Crippen molar-refractivity contribution in [1.82, 2.24) is 26.6 Å². The number of carbonyl (C=O) groups is 6. The number of carbonyl (C=O) groups excluding carboxylic acids is 6. The van der Waals surface area contributed by atoms with Crippen LogP contribution in [0, 0.1) is 5.92 Å². The molecule has 5 N–H and O–H groups in total. The van der Waals surface area contributed by atoms with Crippen LogP contribution in [0.2, 0.25) is 5.02 Å². The van der Waals surface area contributed by atoms with E-state index in [1.54, 1.807) is 45.0 Å². The van der Waals surface area contributed by atoms with E-state index >= 15 is 0 Å². The first-order valence-corrected chi connectivity index (χ1v) is 18.4. The first kappa shape index (κ1) is 47.6. The van der Waals surface area contributed by atoms with E-state index in [9.17, 15) is 50.7 Å². The zero-order valence-electron chi connectivity index (χ0n) is 32.9. The van der Waals surface area contributed by atoms with Gasteiger partial charge in [-0.05, 0) is 73.7 Å². The number of halogens is 6. The average molecular weight is 854 g/mol. The Morgan fingerprint density at radius 1 is 0.763 bits per heavy atom. The van der Waals surface area contributed by atoms with Crippen LogP contribution in [0.1, 0.15) is 67.7 Å². The molecule has 0 fully saturated rings. The summed E-state index contributed by atoms with van der Waals surface area (Å²) in [6.07, 6.45) is -5.86. The molecular weight excluding hydrogens is 809 g/mol. The third kappa shape index (κ3) is 14.8. The van der Waals surface area contributed by atoms with Gasteiger partial charge < -0.3 is 36.1 Å². The molecule has 3 atom stereocenters. The molecule has 320 valence electrons. The maximum Gasteiger partial charge on any atom is 0.407 e. The van der Waals surface area contributed by atoms with E-state index in [1.807, 2.05) is 0 Å². The van der Waals surface area contributed by atoms with Gasteiger partial charge in [0.1, 0.15) is 30.0 Å². The Hall–Kier alpha value is -5.78. The van der Waals surface area contributed by atoms with Crippen molar-refractivity contribution in [2.45, 2.75) is 83.4 Å². The number of nitrogens with one attached hydrogen (secondary N) is 5. The van der Waals surface area contributed by atoms with E-state index in [1.165, 1.54) is 69.5 Å². The normalized spacial score (nSPS) is 13.3. The van der Waals surface area contributed by atoms with Crippen LogP contribution in [-0.4, -0.2) is 78.9 Å². The van der Waals surface area contributed by atoms with Gasteiger partial charge >= 0.3 is 18.2 Å². The first-order chi connectivity index (χ1) is 27.4. The van der Waals surface area contributed by atoms with Crippen molar-refractivity contribution in [2.75, 3.05) is 13.7 Å². The quantitative estimate of drug-likeness (QED) is 0.0861. The summed E-state index contributed by atoms with van der Waals surface area (Å²) in [7, 11) is 1.36. The molecule has 19 heteroatoms. The van der Waals surface area contributed by atoms with Crippen LogP contribution in [-0.2, 0) is 36.9 Å². The smallest absolute Gasteiger partial charge is 0.407 e. The van der Waals surface area contributed by atoms with Gasteiger partial charge in [0.25, 0.3) is 11.8 Å². The molecule has 0 saturated heterocycles. The molecule has 59 heavy (non-hydrogen) atoms.